The lowest BCUT2D eigenvalue weighted by Crippen LogP contribution is -2.25. The zero-order valence-electron chi connectivity index (χ0n) is 15.0. The van der Waals surface area contributed by atoms with E-state index in [0.717, 1.165) is 24.3 Å². The molecule has 0 aliphatic carbocycles. The lowest BCUT2D eigenvalue weighted by atomic mass is 9.97. The molecule has 2 aromatic carbocycles. The van der Waals surface area contributed by atoms with E-state index < -0.39 is 44.2 Å². The van der Waals surface area contributed by atoms with E-state index in [4.69, 9.17) is 5.73 Å². The maximum absolute atomic E-state index is 13.5. The zero-order chi connectivity index (χ0) is 22.0. The number of sulfonamides is 1. The molecule has 0 aliphatic rings. The maximum atomic E-state index is 13.5. The smallest absolute Gasteiger partial charge is 0.324 e. The first-order chi connectivity index (χ1) is 13.4. The molecule has 2 aromatic rings. The van der Waals surface area contributed by atoms with E-state index >= 15 is 0 Å². The van der Waals surface area contributed by atoms with Crippen molar-refractivity contribution in [2.75, 3.05) is 6.54 Å². The molecule has 0 bridgehead atoms. The van der Waals surface area contributed by atoms with Crippen molar-refractivity contribution >= 4 is 15.7 Å². The maximum Gasteiger partial charge on any atom is 0.419 e. The highest BCUT2D eigenvalue weighted by Gasteiger charge is 2.34. The number of hydrogen-bond donors (Lipinski definition) is 2. The van der Waals surface area contributed by atoms with Gasteiger partial charge in [-0.2, -0.15) is 13.2 Å². The number of nitrogens with one attached hydrogen (secondary N) is 1. The minimum absolute atomic E-state index is 0.0504. The predicted octanol–water partition coefficient (Wildman–Crippen LogP) is 3.29. The van der Waals surface area contributed by atoms with Gasteiger partial charge in [0.25, 0.3) is 5.69 Å². The highest BCUT2D eigenvalue weighted by molar-refractivity contribution is 7.89. The number of nitrogens with zero attached hydrogens (tertiary/aromatic N) is 1. The van der Waals surface area contributed by atoms with Crippen LogP contribution in [0.1, 0.15) is 29.7 Å². The highest BCUT2D eigenvalue weighted by atomic mass is 32.2. The Kier molecular flexibility index (Phi) is 6.60. The number of nitro groups is 1. The van der Waals surface area contributed by atoms with Crippen molar-refractivity contribution in [3.05, 3.63) is 69.0 Å². The lowest BCUT2D eigenvalue weighted by molar-refractivity contribution is -0.385. The topological polar surface area (TPSA) is 115 Å². The molecule has 158 valence electrons. The van der Waals surface area contributed by atoms with Crippen molar-refractivity contribution in [1.29, 1.82) is 0 Å². The van der Waals surface area contributed by atoms with Gasteiger partial charge in [0.05, 0.1) is 15.4 Å². The summed E-state index contributed by atoms with van der Waals surface area (Å²) in [6.07, 6.45) is -5.27. The van der Waals surface area contributed by atoms with Gasteiger partial charge in [-0.25, -0.2) is 17.5 Å². The second-order valence-corrected chi connectivity index (χ2v) is 7.83. The second-order valence-electron chi connectivity index (χ2n) is 6.10. The van der Waals surface area contributed by atoms with Crippen molar-refractivity contribution in [3.8, 4) is 0 Å². The van der Waals surface area contributed by atoms with Gasteiger partial charge in [0.1, 0.15) is 5.82 Å². The summed E-state index contributed by atoms with van der Waals surface area (Å²) in [5.41, 5.74) is 3.86. The molecule has 3 N–H and O–H groups in total. The van der Waals surface area contributed by atoms with Gasteiger partial charge >= 0.3 is 6.18 Å². The number of non-ortho nitro benzene ring substituents is 1. The molecule has 0 amide bonds. The predicted molar refractivity (Wildman–Crippen MR) is 96.0 cm³/mol. The van der Waals surface area contributed by atoms with Crippen LogP contribution >= 0.6 is 0 Å². The molecule has 29 heavy (non-hydrogen) atoms. The van der Waals surface area contributed by atoms with Crippen LogP contribution < -0.4 is 10.5 Å². The van der Waals surface area contributed by atoms with E-state index in [1.54, 1.807) is 0 Å². The largest absolute Gasteiger partial charge is 0.419 e. The Bertz CT molecular complexity index is 1030. The molecule has 0 saturated carbocycles. The summed E-state index contributed by atoms with van der Waals surface area (Å²) in [7, 11) is -4.02. The molecule has 0 unspecified atom stereocenters. The van der Waals surface area contributed by atoms with Gasteiger partial charge < -0.3 is 5.73 Å². The standard InChI is InChI=1S/C17H17F4N3O4S/c1-2-23-29(27,28)16-6-4-12(24(25)26)7-11(16)9-15(22)10-3-5-14(18)13(8-10)17(19,20)21/h3-8,15,23H,2,9,22H2,1H3/t15-/m0/s1. The summed E-state index contributed by atoms with van der Waals surface area (Å²) in [5, 5.41) is 11.0. The fourth-order valence-corrected chi connectivity index (χ4v) is 3.98. The molecular formula is C17H17F4N3O4S. The van der Waals surface area contributed by atoms with Gasteiger partial charge in [0.2, 0.25) is 10.0 Å². The number of nitro benzene ring substituents is 1. The molecule has 0 spiro atoms. The van der Waals surface area contributed by atoms with Crippen LogP contribution in [0.4, 0.5) is 23.2 Å². The van der Waals surface area contributed by atoms with Gasteiger partial charge in [-0.15, -0.1) is 0 Å². The minimum atomic E-state index is -4.94. The third kappa shape index (κ3) is 5.28. The van der Waals surface area contributed by atoms with E-state index in [2.05, 4.69) is 4.72 Å². The Labute approximate surface area is 163 Å². The second kappa shape index (κ2) is 8.43. The molecule has 0 heterocycles. The van der Waals surface area contributed by atoms with Gasteiger partial charge in [-0.05, 0) is 35.7 Å². The number of alkyl halides is 3. The normalized spacial score (nSPS) is 13.3. The van der Waals surface area contributed by atoms with Crippen LogP contribution in [0, 0.1) is 15.9 Å². The van der Waals surface area contributed by atoms with Crippen LogP contribution in [0.5, 0.6) is 0 Å². The summed E-state index contributed by atoms with van der Waals surface area (Å²) >= 11 is 0. The van der Waals surface area contributed by atoms with Crippen molar-refractivity contribution in [3.63, 3.8) is 0 Å². The molecule has 7 nitrogen and oxygen atoms in total. The number of rotatable bonds is 7. The number of halogens is 4. The molecule has 0 aromatic heterocycles. The first-order valence-corrected chi connectivity index (χ1v) is 9.74. The van der Waals surface area contributed by atoms with Gasteiger partial charge in [-0.3, -0.25) is 10.1 Å². The van der Waals surface area contributed by atoms with Gasteiger partial charge in [0.15, 0.2) is 0 Å². The minimum Gasteiger partial charge on any atom is -0.324 e. The summed E-state index contributed by atoms with van der Waals surface area (Å²) < 4.78 is 79.2. The SMILES string of the molecule is CCNS(=O)(=O)c1ccc([N+](=O)[O-])cc1C[C@H](N)c1ccc(F)c(C(F)(F)F)c1. The van der Waals surface area contributed by atoms with Crippen molar-refractivity contribution in [2.45, 2.75) is 30.5 Å². The summed E-state index contributed by atoms with van der Waals surface area (Å²) in [6, 6.07) is 4.05. The summed E-state index contributed by atoms with van der Waals surface area (Å²) in [6.45, 7) is 1.59. The monoisotopic (exact) mass is 435 g/mol. The molecule has 2 rings (SSSR count). The molecule has 0 fully saturated rings. The highest BCUT2D eigenvalue weighted by Crippen LogP contribution is 2.34. The van der Waals surface area contributed by atoms with E-state index in [1.807, 2.05) is 0 Å². The Balaban J connectivity index is 2.50. The third-order valence-corrected chi connectivity index (χ3v) is 5.69. The fraction of sp³-hybridized carbons (Fsp3) is 0.294. The number of hydrogen-bond acceptors (Lipinski definition) is 5. The van der Waals surface area contributed by atoms with E-state index in [1.165, 1.54) is 6.92 Å². The Morgan fingerprint density at radius 2 is 1.86 bits per heavy atom. The number of nitrogens with two attached hydrogens (primary N) is 1. The Hall–Kier alpha value is -2.57. The quantitative estimate of drug-likeness (QED) is 0.393. The van der Waals surface area contributed by atoms with Crippen LogP contribution in [0.15, 0.2) is 41.3 Å². The van der Waals surface area contributed by atoms with Crippen LogP contribution in [-0.4, -0.2) is 19.9 Å². The summed E-state index contributed by atoms with van der Waals surface area (Å²) in [4.78, 5) is 10.0. The lowest BCUT2D eigenvalue weighted by Gasteiger charge is -2.17. The first-order valence-electron chi connectivity index (χ1n) is 8.26. The average molecular weight is 435 g/mol. The van der Waals surface area contributed by atoms with E-state index in [9.17, 15) is 36.1 Å². The van der Waals surface area contributed by atoms with Crippen molar-refractivity contribution in [1.82, 2.24) is 4.72 Å². The molecular weight excluding hydrogens is 418 g/mol. The summed E-state index contributed by atoms with van der Waals surface area (Å²) in [5.74, 6) is -1.47. The Morgan fingerprint density at radius 1 is 1.21 bits per heavy atom. The van der Waals surface area contributed by atoms with Gasteiger partial charge in [-0.1, -0.05) is 13.0 Å². The van der Waals surface area contributed by atoms with Crippen LogP contribution in [0.2, 0.25) is 0 Å². The van der Waals surface area contributed by atoms with E-state index in [0.29, 0.717) is 12.1 Å². The zero-order valence-corrected chi connectivity index (χ0v) is 15.8. The molecule has 12 heteroatoms. The first kappa shape index (κ1) is 22.7. The number of benzene rings is 2. The van der Waals surface area contributed by atoms with Gasteiger partial charge in [0, 0.05) is 24.7 Å². The van der Waals surface area contributed by atoms with Crippen LogP contribution in [0.3, 0.4) is 0 Å². The van der Waals surface area contributed by atoms with E-state index in [-0.39, 0.29) is 29.0 Å². The van der Waals surface area contributed by atoms with Crippen molar-refractivity contribution in [2.24, 2.45) is 5.73 Å². The van der Waals surface area contributed by atoms with Crippen molar-refractivity contribution < 1.29 is 30.9 Å². The molecule has 0 radical (unpaired) electrons. The Morgan fingerprint density at radius 3 is 2.41 bits per heavy atom. The molecule has 1 atom stereocenters. The average Bonchev–Trinajstić information content (AvgIpc) is 2.60. The third-order valence-electron chi connectivity index (χ3n) is 4.04. The van der Waals surface area contributed by atoms with Crippen LogP contribution in [0.25, 0.3) is 0 Å². The fourth-order valence-electron chi connectivity index (χ4n) is 2.71. The molecule has 0 saturated heterocycles. The molecule has 0 aliphatic heterocycles. The van der Waals surface area contributed by atoms with Crippen LogP contribution in [-0.2, 0) is 22.6 Å².